The lowest BCUT2D eigenvalue weighted by atomic mass is 10.3. The van der Waals surface area contributed by atoms with E-state index in [9.17, 15) is 4.79 Å². The molecular formula is C7H6INO. The fourth-order valence-electron chi connectivity index (χ4n) is 0.646. The molecule has 0 saturated carbocycles. The predicted molar refractivity (Wildman–Crippen MR) is 48.8 cm³/mol. The van der Waals surface area contributed by atoms with Gasteiger partial charge in [0.1, 0.15) is 0 Å². The molecule has 0 saturated heterocycles. The van der Waals surface area contributed by atoms with E-state index in [4.69, 9.17) is 0 Å². The Kier molecular flexibility index (Phi) is 2.68. The van der Waals surface area contributed by atoms with Crippen LogP contribution in [0.25, 0.3) is 0 Å². The van der Waals surface area contributed by atoms with Gasteiger partial charge in [-0.25, -0.2) is 0 Å². The Balaban J connectivity index is 2.84. The highest BCUT2D eigenvalue weighted by Crippen LogP contribution is 2.10. The number of halogens is 1. The first kappa shape index (κ1) is 7.53. The van der Waals surface area contributed by atoms with Crippen molar-refractivity contribution in [3.05, 3.63) is 27.8 Å². The summed E-state index contributed by atoms with van der Waals surface area (Å²) < 4.78 is 1.12. The maximum atomic E-state index is 9.97. The maximum absolute atomic E-state index is 9.97. The van der Waals surface area contributed by atoms with E-state index in [1.54, 1.807) is 0 Å². The summed E-state index contributed by atoms with van der Waals surface area (Å²) in [6.45, 7) is 0. The van der Waals surface area contributed by atoms with Crippen molar-refractivity contribution < 1.29 is 4.79 Å². The summed E-state index contributed by atoms with van der Waals surface area (Å²) in [5, 5.41) is 2.56. The summed E-state index contributed by atoms with van der Waals surface area (Å²) in [6.07, 6.45) is 0.672. The zero-order chi connectivity index (χ0) is 7.40. The number of benzene rings is 1. The number of hydrogen-bond acceptors (Lipinski definition) is 1. The lowest BCUT2D eigenvalue weighted by Crippen LogP contribution is -1.92. The number of hydrogen-bond donors (Lipinski definition) is 1. The molecule has 0 aliphatic rings. The highest BCUT2D eigenvalue weighted by molar-refractivity contribution is 14.1. The molecule has 52 valence electrons. The third-order valence-electron chi connectivity index (χ3n) is 1.05. The van der Waals surface area contributed by atoms with E-state index in [1.165, 1.54) is 0 Å². The van der Waals surface area contributed by atoms with Crippen LogP contribution in [-0.2, 0) is 4.79 Å². The van der Waals surface area contributed by atoms with Crippen LogP contribution in [0.4, 0.5) is 5.69 Å². The van der Waals surface area contributed by atoms with E-state index in [2.05, 4.69) is 27.9 Å². The third kappa shape index (κ3) is 1.98. The number of rotatable bonds is 2. The predicted octanol–water partition coefficient (Wildman–Crippen LogP) is 1.86. The number of amides is 1. The van der Waals surface area contributed by atoms with Crippen molar-refractivity contribution in [3.8, 4) is 0 Å². The summed E-state index contributed by atoms with van der Waals surface area (Å²) in [6, 6.07) is 7.61. The topological polar surface area (TPSA) is 29.1 Å². The first-order chi connectivity index (χ1) is 4.83. The molecule has 0 aromatic heterocycles. The van der Waals surface area contributed by atoms with Gasteiger partial charge in [-0.2, -0.15) is 0 Å². The normalized spacial score (nSPS) is 8.90. The van der Waals surface area contributed by atoms with Crippen LogP contribution in [0.5, 0.6) is 0 Å². The van der Waals surface area contributed by atoms with E-state index in [-0.39, 0.29) is 0 Å². The molecule has 1 N–H and O–H groups in total. The van der Waals surface area contributed by atoms with Gasteiger partial charge in [-0.1, -0.05) is 6.07 Å². The Morgan fingerprint density at radius 2 is 2.30 bits per heavy atom. The molecule has 0 bridgehead atoms. The second-order valence-corrected chi connectivity index (χ2v) is 3.02. The van der Waals surface area contributed by atoms with Crippen molar-refractivity contribution in [3.63, 3.8) is 0 Å². The van der Waals surface area contributed by atoms with Gasteiger partial charge in [0.2, 0.25) is 6.41 Å². The zero-order valence-electron chi connectivity index (χ0n) is 5.17. The average molecular weight is 247 g/mol. The largest absolute Gasteiger partial charge is 0.329 e. The molecule has 0 atom stereocenters. The van der Waals surface area contributed by atoms with Crippen molar-refractivity contribution in [2.24, 2.45) is 0 Å². The first-order valence-electron chi connectivity index (χ1n) is 2.78. The number of nitrogens with one attached hydrogen (secondary N) is 1. The summed E-state index contributed by atoms with van der Waals surface area (Å²) in [5.74, 6) is 0. The molecule has 0 radical (unpaired) electrons. The average Bonchev–Trinajstić information content (AvgIpc) is 1.88. The van der Waals surface area contributed by atoms with Gasteiger partial charge in [0, 0.05) is 9.26 Å². The number of carbonyl (C=O) groups excluding carboxylic acids is 1. The molecule has 0 spiro atoms. The van der Waals surface area contributed by atoms with Crippen molar-refractivity contribution in [1.82, 2.24) is 0 Å². The Morgan fingerprint density at radius 3 is 2.90 bits per heavy atom. The Bertz CT molecular complexity index is 237. The zero-order valence-corrected chi connectivity index (χ0v) is 7.33. The minimum absolute atomic E-state index is 0.672. The minimum atomic E-state index is 0.672. The quantitative estimate of drug-likeness (QED) is 0.627. The van der Waals surface area contributed by atoms with Crippen LogP contribution in [0.1, 0.15) is 0 Å². The van der Waals surface area contributed by atoms with Gasteiger partial charge < -0.3 is 5.32 Å². The lowest BCUT2D eigenvalue weighted by molar-refractivity contribution is -0.105. The second-order valence-electron chi connectivity index (χ2n) is 1.77. The van der Waals surface area contributed by atoms with Gasteiger partial charge >= 0.3 is 0 Å². The van der Waals surface area contributed by atoms with E-state index >= 15 is 0 Å². The summed E-state index contributed by atoms with van der Waals surface area (Å²) in [4.78, 5) is 9.97. The fraction of sp³-hybridized carbons (Fsp3) is 0. The van der Waals surface area contributed by atoms with Crippen LogP contribution in [0.15, 0.2) is 24.3 Å². The van der Waals surface area contributed by atoms with Crippen LogP contribution in [0.3, 0.4) is 0 Å². The molecule has 1 rings (SSSR count). The molecule has 0 fully saturated rings. The second kappa shape index (κ2) is 3.55. The van der Waals surface area contributed by atoms with Gasteiger partial charge in [-0.3, -0.25) is 4.79 Å². The van der Waals surface area contributed by atoms with Crippen molar-refractivity contribution >= 4 is 34.7 Å². The van der Waals surface area contributed by atoms with Crippen molar-refractivity contribution in [2.75, 3.05) is 5.32 Å². The molecule has 3 heteroatoms. The van der Waals surface area contributed by atoms with E-state index in [1.807, 2.05) is 24.3 Å². The Morgan fingerprint density at radius 1 is 1.50 bits per heavy atom. The van der Waals surface area contributed by atoms with Gasteiger partial charge in [0.05, 0.1) is 0 Å². The first-order valence-corrected chi connectivity index (χ1v) is 3.86. The molecule has 1 amide bonds. The van der Waals surface area contributed by atoms with Crippen LogP contribution in [0, 0.1) is 3.57 Å². The molecule has 1 aromatic rings. The van der Waals surface area contributed by atoms with Crippen LogP contribution < -0.4 is 5.32 Å². The summed E-state index contributed by atoms with van der Waals surface area (Å²) in [7, 11) is 0. The van der Waals surface area contributed by atoms with Crippen molar-refractivity contribution in [2.45, 2.75) is 0 Å². The SMILES string of the molecule is O=CNc1cccc(I)c1. The van der Waals surface area contributed by atoms with E-state index < -0.39 is 0 Å². The monoisotopic (exact) mass is 247 g/mol. The maximum Gasteiger partial charge on any atom is 0.211 e. The number of anilines is 1. The van der Waals surface area contributed by atoms with Crippen LogP contribution in [-0.4, -0.2) is 6.41 Å². The molecular weight excluding hydrogens is 241 g/mol. The lowest BCUT2D eigenvalue weighted by Gasteiger charge is -1.96. The van der Waals surface area contributed by atoms with E-state index in [0.717, 1.165) is 9.26 Å². The third-order valence-corrected chi connectivity index (χ3v) is 1.72. The van der Waals surface area contributed by atoms with Crippen LogP contribution >= 0.6 is 22.6 Å². The molecule has 0 aliphatic carbocycles. The molecule has 2 nitrogen and oxygen atoms in total. The molecule has 1 aromatic carbocycles. The fourth-order valence-corrected chi connectivity index (χ4v) is 1.19. The van der Waals surface area contributed by atoms with Gasteiger partial charge in [-0.15, -0.1) is 0 Å². The van der Waals surface area contributed by atoms with Crippen molar-refractivity contribution in [1.29, 1.82) is 0 Å². The van der Waals surface area contributed by atoms with Crippen LogP contribution in [0.2, 0.25) is 0 Å². The van der Waals surface area contributed by atoms with Gasteiger partial charge in [-0.05, 0) is 40.8 Å². The molecule has 0 unspecified atom stereocenters. The highest BCUT2D eigenvalue weighted by Gasteiger charge is 1.88. The molecule has 0 heterocycles. The van der Waals surface area contributed by atoms with Gasteiger partial charge in [0.25, 0.3) is 0 Å². The summed E-state index contributed by atoms with van der Waals surface area (Å²) >= 11 is 2.19. The Hall–Kier alpha value is -0.580. The smallest absolute Gasteiger partial charge is 0.211 e. The summed E-state index contributed by atoms with van der Waals surface area (Å²) in [5.41, 5.74) is 0.835. The highest BCUT2D eigenvalue weighted by atomic mass is 127. The standard InChI is InChI=1S/C7H6INO/c8-6-2-1-3-7(4-6)9-5-10/h1-5H,(H,9,10). The molecule has 10 heavy (non-hydrogen) atoms. The van der Waals surface area contributed by atoms with E-state index in [0.29, 0.717) is 6.41 Å². The molecule has 0 aliphatic heterocycles. The number of carbonyl (C=O) groups is 1. The Labute approximate surface area is 72.8 Å². The van der Waals surface area contributed by atoms with Gasteiger partial charge in [0.15, 0.2) is 0 Å². The minimum Gasteiger partial charge on any atom is -0.329 e.